The molecule has 0 amide bonds. The van der Waals surface area contributed by atoms with Crippen LogP contribution < -0.4 is 4.74 Å². The standard InChI is InChI=1S/C15H16O4/c1-7(2)13-12(16)10-5-4-9-6-8(3)18-15(17)11(9)14(10)19-13/h4-5,8,15,17H,6H2,1-3H3. The fourth-order valence-electron chi connectivity index (χ4n) is 2.62. The summed E-state index contributed by atoms with van der Waals surface area (Å²) >= 11 is 0. The maximum atomic E-state index is 12.2. The molecule has 2 aliphatic heterocycles. The van der Waals surface area contributed by atoms with Crippen molar-refractivity contribution in [1.82, 2.24) is 0 Å². The van der Waals surface area contributed by atoms with Crippen molar-refractivity contribution in [1.29, 1.82) is 0 Å². The topological polar surface area (TPSA) is 55.8 Å². The molecular weight excluding hydrogens is 244 g/mol. The first kappa shape index (κ1) is 12.4. The molecule has 2 aliphatic rings. The monoisotopic (exact) mass is 260 g/mol. The second-order valence-corrected chi connectivity index (χ2v) is 5.28. The second kappa shape index (κ2) is 4.18. The highest BCUT2D eigenvalue weighted by Gasteiger charge is 2.36. The molecule has 1 aromatic carbocycles. The summed E-state index contributed by atoms with van der Waals surface area (Å²) < 4.78 is 11.1. The number of hydrogen-bond donors (Lipinski definition) is 1. The molecule has 2 heterocycles. The molecule has 2 unspecified atom stereocenters. The molecule has 0 spiro atoms. The Labute approximate surface area is 111 Å². The number of allylic oxidation sites excluding steroid dienone is 2. The summed E-state index contributed by atoms with van der Waals surface area (Å²) in [6.07, 6.45) is -0.361. The molecule has 0 radical (unpaired) electrons. The van der Waals surface area contributed by atoms with Gasteiger partial charge in [0.25, 0.3) is 0 Å². The van der Waals surface area contributed by atoms with E-state index in [-0.39, 0.29) is 11.9 Å². The van der Waals surface area contributed by atoms with Crippen LogP contribution in [0.2, 0.25) is 0 Å². The van der Waals surface area contributed by atoms with Gasteiger partial charge in [-0.05, 0) is 44.4 Å². The molecule has 1 N–H and O–H groups in total. The Kier molecular flexibility index (Phi) is 2.73. The molecule has 100 valence electrons. The van der Waals surface area contributed by atoms with Crippen LogP contribution in [0.15, 0.2) is 23.5 Å². The minimum atomic E-state index is -1.03. The van der Waals surface area contributed by atoms with Crippen molar-refractivity contribution in [2.45, 2.75) is 39.6 Å². The lowest BCUT2D eigenvalue weighted by molar-refractivity contribution is -0.144. The van der Waals surface area contributed by atoms with Gasteiger partial charge < -0.3 is 14.6 Å². The molecule has 0 aromatic heterocycles. The highest BCUT2D eigenvalue weighted by atomic mass is 16.6. The molecule has 0 fully saturated rings. The minimum Gasteiger partial charge on any atom is -0.452 e. The lowest BCUT2D eigenvalue weighted by atomic mass is 9.94. The van der Waals surface area contributed by atoms with Crippen molar-refractivity contribution in [3.63, 3.8) is 0 Å². The Morgan fingerprint density at radius 2 is 2.11 bits per heavy atom. The molecule has 3 rings (SSSR count). The van der Waals surface area contributed by atoms with Gasteiger partial charge in [-0.1, -0.05) is 6.07 Å². The minimum absolute atomic E-state index is 0.0411. The number of ether oxygens (including phenoxy) is 2. The third-order valence-electron chi connectivity index (χ3n) is 3.51. The first-order valence-corrected chi connectivity index (χ1v) is 6.38. The first-order chi connectivity index (χ1) is 8.99. The van der Waals surface area contributed by atoms with Crippen LogP contribution in [-0.4, -0.2) is 17.0 Å². The zero-order chi connectivity index (χ0) is 13.7. The molecule has 0 aliphatic carbocycles. The van der Waals surface area contributed by atoms with Gasteiger partial charge in [0.15, 0.2) is 12.0 Å². The Bertz CT molecular complexity index is 596. The van der Waals surface area contributed by atoms with E-state index in [2.05, 4.69) is 0 Å². The number of hydrogen-bond acceptors (Lipinski definition) is 4. The number of fused-ring (bicyclic) bond motifs is 3. The average Bonchev–Trinajstić information content (AvgIpc) is 2.66. The molecule has 0 saturated heterocycles. The molecule has 1 aromatic rings. The quantitative estimate of drug-likeness (QED) is 0.728. The van der Waals surface area contributed by atoms with Gasteiger partial charge in [0.05, 0.1) is 17.2 Å². The van der Waals surface area contributed by atoms with Gasteiger partial charge in [-0.2, -0.15) is 0 Å². The largest absolute Gasteiger partial charge is 0.452 e. The van der Waals surface area contributed by atoms with Crippen molar-refractivity contribution in [2.24, 2.45) is 0 Å². The van der Waals surface area contributed by atoms with Crippen LogP contribution in [0.25, 0.3) is 0 Å². The van der Waals surface area contributed by atoms with Crippen LogP contribution in [0, 0.1) is 0 Å². The van der Waals surface area contributed by atoms with E-state index >= 15 is 0 Å². The zero-order valence-corrected chi connectivity index (χ0v) is 11.2. The Morgan fingerprint density at radius 3 is 2.79 bits per heavy atom. The van der Waals surface area contributed by atoms with Crippen molar-refractivity contribution in [3.05, 3.63) is 40.2 Å². The van der Waals surface area contributed by atoms with Crippen molar-refractivity contribution >= 4 is 5.78 Å². The highest BCUT2D eigenvalue weighted by Crippen LogP contribution is 2.43. The Balaban J connectivity index is 2.17. The second-order valence-electron chi connectivity index (χ2n) is 5.28. The highest BCUT2D eigenvalue weighted by molar-refractivity contribution is 6.13. The maximum absolute atomic E-state index is 12.2. The van der Waals surface area contributed by atoms with Gasteiger partial charge in [-0.3, -0.25) is 4.79 Å². The first-order valence-electron chi connectivity index (χ1n) is 6.38. The molecular formula is C15H16O4. The van der Waals surface area contributed by atoms with E-state index in [9.17, 15) is 9.90 Å². The normalized spacial score (nSPS) is 24.8. The lowest BCUT2D eigenvalue weighted by Gasteiger charge is -2.28. The molecule has 19 heavy (non-hydrogen) atoms. The predicted molar refractivity (Wildman–Crippen MR) is 69.0 cm³/mol. The van der Waals surface area contributed by atoms with E-state index in [1.165, 1.54) is 0 Å². The van der Waals surface area contributed by atoms with Crippen molar-refractivity contribution in [3.8, 4) is 5.75 Å². The summed E-state index contributed by atoms with van der Waals surface area (Å²) in [6, 6.07) is 3.66. The van der Waals surface area contributed by atoms with Crippen LogP contribution in [0.1, 0.15) is 48.5 Å². The number of ketones is 1. The van der Waals surface area contributed by atoms with E-state index in [0.717, 1.165) is 11.1 Å². The predicted octanol–water partition coefficient (Wildman–Crippen LogP) is 2.51. The van der Waals surface area contributed by atoms with Gasteiger partial charge in [0.2, 0.25) is 5.78 Å². The molecule has 2 atom stereocenters. The van der Waals surface area contributed by atoms with Gasteiger partial charge in [0.1, 0.15) is 5.75 Å². The Morgan fingerprint density at radius 1 is 1.37 bits per heavy atom. The van der Waals surface area contributed by atoms with Gasteiger partial charge in [-0.15, -0.1) is 0 Å². The summed E-state index contributed by atoms with van der Waals surface area (Å²) in [5.74, 6) is 0.691. The van der Waals surface area contributed by atoms with Crippen LogP contribution in [0.3, 0.4) is 0 Å². The number of aliphatic hydroxyl groups is 1. The molecule has 4 nitrogen and oxygen atoms in total. The van der Waals surface area contributed by atoms with Crippen LogP contribution in [0.4, 0.5) is 0 Å². The van der Waals surface area contributed by atoms with Gasteiger partial charge >= 0.3 is 0 Å². The van der Waals surface area contributed by atoms with Crippen LogP contribution in [0.5, 0.6) is 5.75 Å². The summed E-state index contributed by atoms with van der Waals surface area (Å²) in [4.78, 5) is 12.2. The van der Waals surface area contributed by atoms with Gasteiger partial charge in [-0.25, -0.2) is 0 Å². The fourth-order valence-corrected chi connectivity index (χ4v) is 2.62. The summed E-state index contributed by atoms with van der Waals surface area (Å²) in [7, 11) is 0. The molecule has 0 saturated carbocycles. The van der Waals surface area contributed by atoms with E-state index in [4.69, 9.17) is 9.47 Å². The average molecular weight is 260 g/mol. The zero-order valence-electron chi connectivity index (χ0n) is 11.2. The van der Waals surface area contributed by atoms with Crippen LogP contribution >= 0.6 is 0 Å². The van der Waals surface area contributed by atoms with Crippen LogP contribution in [-0.2, 0) is 11.2 Å². The summed E-state index contributed by atoms with van der Waals surface area (Å²) in [5, 5.41) is 10.1. The fraction of sp³-hybridized carbons (Fsp3) is 0.400. The number of benzene rings is 1. The lowest BCUT2D eigenvalue weighted by Crippen LogP contribution is -2.24. The number of rotatable bonds is 0. The molecule has 4 heteroatoms. The smallest absolute Gasteiger partial charge is 0.231 e. The SMILES string of the molecule is CC(C)=C1Oc2c(ccc3c2C(O)OC(C)C3)C1=O. The number of carbonyl (C=O) groups is 1. The van der Waals surface area contributed by atoms with E-state index < -0.39 is 6.29 Å². The molecule has 0 bridgehead atoms. The van der Waals surface area contributed by atoms with E-state index in [1.54, 1.807) is 6.07 Å². The summed E-state index contributed by atoms with van der Waals surface area (Å²) in [5.41, 5.74) is 2.91. The number of Topliss-reactive ketones (excluding diaryl/α,β-unsaturated/α-hetero) is 1. The van der Waals surface area contributed by atoms with E-state index in [0.29, 0.717) is 29.1 Å². The van der Waals surface area contributed by atoms with E-state index in [1.807, 2.05) is 26.8 Å². The number of carbonyl (C=O) groups excluding carboxylic acids is 1. The maximum Gasteiger partial charge on any atom is 0.231 e. The third kappa shape index (κ3) is 1.79. The van der Waals surface area contributed by atoms with Crippen molar-refractivity contribution in [2.75, 3.05) is 0 Å². The number of aliphatic hydroxyl groups excluding tert-OH is 1. The summed E-state index contributed by atoms with van der Waals surface area (Å²) in [6.45, 7) is 5.58. The van der Waals surface area contributed by atoms with Crippen molar-refractivity contribution < 1.29 is 19.4 Å². The van der Waals surface area contributed by atoms with Gasteiger partial charge in [0, 0.05) is 0 Å². The third-order valence-corrected chi connectivity index (χ3v) is 3.51. The Hall–Kier alpha value is -1.65.